The van der Waals surface area contributed by atoms with Crippen molar-refractivity contribution in [2.24, 2.45) is 0 Å². The molecule has 0 bridgehead atoms. The third-order valence-electron chi connectivity index (χ3n) is 5.49. The highest BCUT2D eigenvalue weighted by molar-refractivity contribution is 5.90. The monoisotopic (exact) mass is 384 g/mol. The van der Waals surface area contributed by atoms with E-state index in [9.17, 15) is 9.90 Å². The zero-order valence-electron chi connectivity index (χ0n) is 16.3. The van der Waals surface area contributed by atoms with Crippen LogP contribution in [0.25, 0.3) is 0 Å². The Morgan fingerprint density at radius 3 is 1.79 bits per heavy atom. The van der Waals surface area contributed by atoms with Crippen molar-refractivity contribution in [3.63, 3.8) is 0 Å². The fraction of sp³-hybridized carbons (Fsp3) is 0.192. The van der Waals surface area contributed by atoms with E-state index in [4.69, 9.17) is 4.74 Å². The molecule has 0 aliphatic carbocycles. The normalized spacial score (nSPS) is 15.8. The molecule has 3 aromatic rings. The standard InChI is InChI=1S/C26H24O3/c27-24-19-26(21-14-6-2-7-15-21,22-16-8-3-9-17-22)29-25(28)23(24)18-10-13-20-11-4-1-5-12-20/h1-9,11-12,14-17,27H,10,13,18-19H2. The van der Waals surface area contributed by atoms with Crippen LogP contribution >= 0.6 is 0 Å². The lowest BCUT2D eigenvalue weighted by Gasteiger charge is -2.38. The summed E-state index contributed by atoms with van der Waals surface area (Å²) in [6.07, 6.45) is 2.38. The molecule has 0 radical (unpaired) electrons. The van der Waals surface area contributed by atoms with Crippen LogP contribution in [0.1, 0.15) is 36.0 Å². The first-order chi connectivity index (χ1) is 14.2. The first-order valence-electron chi connectivity index (χ1n) is 9.98. The molecule has 0 saturated heterocycles. The number of aryl methyl sites for hydroxylation is 1. The van der Waals surface area contributed by atoms with Crippen LogP contribution in [0.15, 0.2) is 102 Å². The van der Waals surface area contributed by atoms with Gasteiger partial charge in [0.2, 0.25) is 0 Å². The van der Waals surface area contributed by atoms with Gasteiger partial charge in [0.05, 0.1) is 12.0 Å². The summed E-state index contributed by atoms with van der Waals surface area (Å²) in [7, 11) is 0. The van der Waals surface area contributed by atoms with Gasteiger partial charge in [0.25, 0.3) is 0 Å². The highest BCUT2D eigenvalue weighted by Gasteiger charge is 2.44. The van der Waals surface area contributed by atoms with Crippen molar-refractivity contribution in [1.29, 1.82) is 0 Å². The summed E-state index contributed by atoms with van der Waals surface area (Å²) in [5.41, 5.74) is 2.32. The number of carbonyl (C=O) groups is 1. The average molecular weight is 384 g/mol. The molecule has 0 spiro atoms. The van der Waals surface area contributed by atoms with Gasteiger partial charge >= 0.3 is 5.97 Å². The lowest BCUT2D eigenvalue weighted by molar-refractivity contribution is -0.155. The van der Waals surface area contributed by atoms with E-state index in [-0.39, 0.29) is 12.2 Å². The Bertz CT molecular complexity index is 952. The quantitative estimate of drug-likeness (QED) is 0.554. The summed E-state index contributed by atoms with van der Waals surface area (Å²) < 4.78 is 6.08. The Kier molecular flexibility index (Phi) is 5.48. The molecule has 29 heavy (non-hydrogen) atoms. The number of rotatable bonds is 6. The molecular weight excluding hydrogens is 360 g/mol. The van der Waals surface area contributed by atoms with Gasteiger partial charge in [-0.2, -0.15) is 0 Å². The number of cyclic esters (lactones) is 1. The van der Waals surface area contributed by atoms with Crippen molar-refractivity contribution < 1.29 is 14.6 Å². The Balaban J connectivity index is 1.61. The van der Waals surface area contributed by atoms with E-state index in [0.29, 0.717) is 12.0 Å². The molecule has 0 amide bonds. The third kappa shape index (κ3) is 3.95. The Labute approximate surface area is 171 Å². The first-order valence-corrected chi connectivity index (χ1v) is 9.98. The molecule has 1 N–H and O–H groups in total. The zero-order valence-corrected chi connectivity index (χ0v) is 16.3. The Hall–Kier alpha value is -3.33. The van der Waals surface area contributed by atoms with Crippen molar-refractivity contribution in [2.75, 3.05) is 0 Å². The van der Waals surface area contributed by atoms with Crippen molar-refractivity contribution in [3.8, 4) is 0 Å². The maximum atomic E-state index is 13.0. The molecule has 0 fully saturated rings. The number of aliphatic hydroxyl groups is 1. The number of carbonyl (C=O) groups excluding carboxylic acids is 1. The van der Waals surface area contributed by atoms with E-state index in [1.165, 1.54) is 5.56 Å². The van der Waals surface area contributed by atoms with Crippen molar-refractivity contribution in [1.82, 2.24) is 0 Å². The molecule has 3 heteroatoms. The predicted molar refractivity (Wildman–Crippen MR) is 113 cm³/mol. The van der Waals surface area contributed by atoms with Crippen LogP contribution in [0.2, 0.25) is 0 Å². The molecule has 0 saturated carbocycles. The van der Waals surface area contributed by atoms with E-state index in [1.807, 2.05) is 78.9 Å². The van der Waals surface area contributed by atoms with Crippen LogP contribution in [0, 0.1) is 0 Å². The maximum Gasteiger partial charge on any atom is 0.338 e. The summed E-state index contributed by atoms with van der Waals surface area (Å²) in [6.45, 7) is 0. The summed E-state index contributed by atoms with van der Waals surface area (Å²) in [6, 6.07) is 29.4. The van der Waals surface area contributed by atoms with Crippen LogP contribution in [0.3, 0.4) is 0 Å². The number of hydrogen-bond donors (Lipinski definition) is 1. The van der Waals surface area contributed by atoms with Crippen LogP contribution < -0.4 is 0 Å². The molecule has 1 heterocycles. The fourth-order valence-corrected chi connectivity index (χ4v) is 3.98. The molecule has 0 aromatic heterocycles. The predicted octanol–water partition coefficient (Wildman–Crippen LogP) is 5.71. The molecule has 0 atom stereocenters. The summed E-state index contributed by atoms with van der Waals surface area (Å²) in [4.78, 5) is 13.0. The maximum absolute atomic E-state index is 13.0. The second kappa shape index (κ2) is 8.36. The zero-order chi connectivity index (χ0) is 20.1. The SMILES string of the molecule is O=C1OC(c2ccccc2)(c2ccccc2)CC(O)=C1CCCc1ccccc1. The Morgan fingerprint density at radius 2 is 1.28 bits per heavy atom. The van der Waals surface area contributed by atoms with Gasteiger partial charge in [-0.25, -0.2) is 4.79 Å². The smallest absolute Gasteiger partial charge is 0.338 e. The topological polar surface area (TPSA) is 46.5 Å². The van der Waals surface area contributed by atoms with Crippen LogP contribution in [0.4, 0.5) is 0 Å². The summed E-state index contributed by atoms with van der Waals surface area (Å²) in [5.74, 6) is -0.309. The first kappa shape index (κ1) is 19.0. The molecule has 146 valence electrons. The van der Waals surface area contributed by atoms with Crippen molar-refractivity contribution >= 4 is 5.97 Å². The van der Waals surface area contributed by atoms with Gasteiger partial charge in [-0.15, -0.1) is 0 Å². The minimum Gasteiger partial charge on any atom is -0.512 e. The van der Waals surface area contributed by atoms with Gasteiger partial charge in [0.15, 0.2) is 5.60 Å². The van der Waals surface area contributed by atoms with Crippen LogP contribution in [-0.2, 0) is 21.6 Å². The van der Waals surface area contributed by atoms with E-state index in [0.717, 1.165) is 24.0 Å². The van der Waals surface area contributed by atoms with E-state index in [1.54, 1.807) is 0 Å². The molecule has 4 rings (SSSR count). The molecule has 1 aliphatic rings. The molecule has 0 unspecified atom stereocenters. The average Bonchev–Trinajstić information content (AvgIpc) is 2.77. The Morgan fingerprint density at radius 1 is 0.759 bits per heavy atom. The molecule has 3 nitrogen and oxygen atoms in total. The van der Waals surface area contributed by atoms with E-state index in [2.05, 4.69) is 12.1 Å². The number of aliphatic hydroxyl groups excluding tert-OH is 1. The number of hydrogen-bond acceptors (Lipinski definition) is 3. The van der Waals surface area contributed by atoms with E-state index < -0.39 is 11.6 Å². The molecular formula is C26H24O3. The summed E-state index contributed by atoms with van der Waals surface area (Å²) in [5, 5.41) is 10.9. The second-order valence-electron chi connectivity index (χ2n) is 7.39. The van der Waals surface area contributed by atoms with Gasteiger partial charge in [-0.05, 0) is 24.8 Å². The van der Waals surface area contributed by atoms with Crippen molar-refractivity contribution in [3.05, 3.63) is 119 Å². The van der Waals surface area contributed by atoms with Gasteiger partial charge < -0.3 is 9.84 Å². The third-order valence-corrected chi connectivity index (χ3v) is 5.49. The van der Waals surface area contributed by atoms with Gasteiger partial charge in [0, 0.05) is 11.1 Å². The van der Waals surface area contributed by atoms with Crippen LogP contribution in [-0.4, -0.2) is 11.1 Å². The lowest BCUT2D eigenvalue weighted by atomic mass is 9.80. The van der Waals surface area contributed by atoms with Crippen molar-refractivity contribution in [2.45, 2.75) is 31.3 Å². The minimum atomic E-state index is -1.01. The lowest BCUT2D eigenvalue weighted by Crippen LogP contribution is -2.39. The van der Waals surface area contributed by atoms with Gasteiger partial charge in [-0.3, -0.25) is 0 Å². The summed E-state index contributed by atoms with van der Waals surface area (Å²) >= 11 is 0. The largest absolute Gasteiger partial charge is 0.512 e. The highest BCUT2D eigenvalue weighted by atomic mass is 16.6. The molecule has 1 aliphatic heterocycles. The van der Waals surface area contributed by atoms with Gasteiger partial charge in [0.1, 0.15) is 5.76 Å². The molecule has 3 aromatic carbocycles. The van der Waals surface area contributed by atoms with Gasteiger partial charge in [-0.1, -0.05) is 91.0 Å². The number of esters is 1. The van der Waals surface area contributed by atoms with Crippen LogP contribution in [0.5, 0.6) is 0 Å². The minimum absolute atomic E-state index is 0.127. The number of ether oxygens (including phenoxy) is 1. The fourth-order valence-electron chi connectivity index (χ4n) is 3.98. The van der Waals surface area contributed by atoms with E-state index >= 15 is 0 Å². The number of benzene rings is 3. The second-order valence-corrected chi connectivity index (χ2v) is 7.39. The highest BCUT2D eigenvalue weighted by Crippen LogP contribution is 2.43.